The van der Waals surface area contributed by atoms with Gasteiger partial charge in [-0.2, -0.15) is 9.50 Å². The number of hydrogen-bond acceptors (Lipinski definition) is 9. The summed E-state index contributed by atoms with van der Waals surface area (Å²) in [5.74, 6) is -0.650. The molecular weight excluding hydrogens is 585 g/mol. The van der Waals surface area contributed by atoms with Crippen LogP contribution >= 0.6 is 0 Å². The second-order valence-electron chi connectivity index (χ2n) is 12.1. The Morgan fingerprint density at radius 3 is 2.53 bits per heavy atom. The molecule has 0 saturated carbocycles. The van der Waals surface area contributed by atoms with Crippen LogP contribution in [0.3, 0.4) is 0 Å². The third-order valence-corrected chi connectivity index (χ3v) is 7.71. The summed E-state index contributed by atoms with van der Waals surface area (Å²) in [7, 11) is 0. The zero-order chi connectivity index (χ0) is 32.5. The van der Waals surface area contributed by atoms with Crippen LogP contribution in [0.15, 0.2) is 23.0 Å². The molecule has 0 bridgehead atoms. The van der Waals surface area contributed by atoms with Gasteiger partial charge in [0.2, 0.25) is 11.7 Å². The van der Waals surface area contributed by atoms with Crippen LogP contribution in [-0.2, 0) is 27.2 Å². The fraction of sp³-hybridized carbons (Fsp3) is 0.484. The van der Waals surface area contributed by atoms with Crippen LogP contribution in [0, 0.1) is 12.7 Å². The minimum atomic E-state index is -0.745. The number of nitrogens with one attached hydrogen (secondary N) is 1. The zero-order valence-electron chi connectivity index (χ0n) is 26.2. The Morgan fingerprint density at radius 1 is 1.18 bits per heavy atom. The lowest BCUT2D eigenvalue weighted by Gasteiger charge is -2.37. The average Bonchev–Trinajstić information content (AvgIpc) is 3.46. The summed E-state index contributed by atoms with van der Waals surface area (Å²) in [4.78, 5) is 59.6. The summed E-state index contributed by atoms with van der Waals surface area (Å²) < 4.78 is 28.2. The Kier molecular flexibility index (Phi) is 9.05. The van der Waals surface area contributed by atoms with Crippen molar-refractivity contribution in [3.63, 3.8) is 0 Å². The highest BCUT2D eigenvalue weighted by molar-refractivity contribution is 5.92. The number of anilines is 2. The number of aldehydes is 1. The Bertz CT molecular complexity index is 1730. The van der Waals surface area contributed by atoms with E-state index < -0.39 is 23.4 Å². The molecule has 1 aromatic carbocycles. The van der Waals surface area contributed by atoms with Gasteiger partial charge in [-0.25, -0.2) is 9.18 Å². The number of nitrogens with zero attached hydrogens (tertiary/aromatic N) is 6. The maximum Gasteiger partial charge on any atom is 0.410 e. The first kappa shape index (κ1) is 31.8. The van der Waals surface area contributed by atoms with Gasteiger partial charge < -0.3 is 29.2 Å². The molecule has 240 valence electrons. The number of carbonyl (C=O) groups is 3. The lowest BCUT2D eigenvalue weighted by atomic mass is 10.1. The molecule has 0 radical (unpaired) electrons. The average molecular weight is 624 g/mol. The molecule has 5 rings (SSSR count). The van der Waals surface area contributed by atoms with Gasteiger partial charge in [0.25, 0.3) is 5.56 Å². The van der Waals surface area contributed by atoms with Gasteiger partial charge >= 0.3 is 6.09 Å². The van der Waals surface area contributed by atoms with E-state index in [1.54, 1.807) is 16.4 Å². The molecule has 0 unspecified atom stereocenters. The minimum Gasteiger partial charge on any atom is -0.444 e. The molecule has 0 atom stereocenters. The van der Waals surface area contributed by atoms with E-state index in [0.717, 1.165) is 11.6 Å². The zero-order valence-corrected chi connectivity index (χ0v) is 26.2. The first-order chi connectivity index (χ1) is 21.4. The van der Waals surface area contributed by atoms with Crippen molar-refractivity contribution in [2.24, 2.45) is 0 Å². The molecule has 13 nitrogen and oxygen atoms in total. The minimum absolute atomic E-state index is 0.101. The van der Waals surface area contributed by atoms with E-state index >= 15 is 0 Å². The number of hydrogen-bond donors (Lipinski definition) is 1. The van der Waals surface area contributed by atoms with Crippen LogP contribution in [0.2, 0.25) is 0 Å². The highest BCUT2D eigenvalue weighted by Gasteiger charge is 2.30. The summed E-state index contributed by atoms with van der Waals surface area (Å²) in [6.45, 7) is 11.1. The Labute approximate surface area is 259 Å². The number of fused-ring (bicyclic) bond motifs is 1. The molecule has 1 saturated heterocycles. The van der Waals surface area contributed by atoms with Crippen LogP contribution in [0.5, 0.6) is 0 Å². The molecule has 0 spiro atoms. The standard InChI is InChI=1S/C31H38FN7O6/c1-6-24-26(36-9-11-37(12-10-36)30(43)45-31(3,4)5)28(42)39-29(34-27(35-39)20-7-13-44-14-8-20)38(24)17-25(41)33-23-16-22(32)21(18-40)15-19(23)2/h7,15-16,18H,6,8-14,17H2,1-5H3,(H,33,41). The first-order valence-corrected chi connectivity index (χ1v) is 15.0. The van der Waals surface area contributed by atoms with Gasteiger partial charge in [0.15, 0.2) is 12.1 Å². The summed E-state index contributed by atoms with van der Waals surface area (Å²) in [5.41, 5.74) is 1.43. The molecule has 4 heterocycles. The maximum absolute atomic E-state index is 14.4. The van der Waals surface area contributed by atoms with Gasteiger partial charge in [-0.1, -0.05) is 13.0 Å². The largest absolute Gasteiger partial charge is 0.444 e. The van der Waals surface area contributed by atoms with E-state index in [2.05, 4.69) is 10.4 Å². The van der Waals surface area contributed by atoms with E-state index in [0.29, 0.717) is 81.3 Å². The second-order valence-corrected chi connectivity index (χ2v) is 12.1. The number of aryl methyl sites for hydroxylation is 1. The monoisotopic (exact) mass is 623 g/mol. The molecule has 2 amide bonds. The molecule has 1 fully saturated rings. The normalized spacial score (nSPS) is 15.6. The van der Waals surface area contributed by atoms with Crippen LogP contribution in [0.25, 0.3) is 11.4 Å². The third kappa shape index (κ3) is 6.75. The fourth-order valence-corrected chi connectivity index (χ4v) is 5.50. The summed E-state index contributed by atoms with van der Waals surface area (Å²) in [5, 5.41) is 7.31. The van der Waals surface area contributed by atoms with Crippen LogP contribution in [-0.4, -0.2) is 87.3 Å². The van der Waals surface area contributed by atoms with Crippen LogP contribution < -0.4 is 15.8 Å². The fourth-order valence-electron chi connectivity index (χ4n) is 5.50. The van der Waals surface area contributed by atoms with Crippen molar-refractivity contribution < 1.29 is 28.2 Å². The van der Waals surface area contributed by atoms with Crippen molar-refractivity contribution in [1.29, 1.82) is 0 Å². The van der Waals surface area contributed by atoms with Gasteiger partial charge in [0.05, 0.1) is 24.5 Å². The van der Waals surface area contributed by atoms with Crippen molar-refractivity contribution in [2.45, 2.75) is 59.6 Å². The molecule has 2 aliphatic heterocycles. The topological polar surface area (TPSA) is 140 Å². The summed E-state index contributed by atoms with van der Waals surface area (Å²) in [6.07, 6.45) is 2.84. The number of amides is 2. The first-order valence-electron chi connectivity index (χ1n) is 15.0. The molecule has 1 N–H and O–H groups in total. The van der Waals surface area contributed by atoms with Gasteiger partial charge in [0, 0.05) is 31.9 Å². The number of piperazine rings is 1. The lowest BCUT2D eigenvalue weighted by Crippen LogP contribution is -2.51. The van der Waals surface area contributed by atoms with E-state index in [9.17, 15) is 23.6 Å². The highest BCUT2D eigenvalue weighted by atomic mass is 19.1. The van der Waals surface area contributed by atoms with E-state index in [4.69, 9.17) is 14.5 Å². The van der Waals surface area contributed by atoms with Gasteiger partial charge in [-0.15, -0.1) is 5.10 Å². The Balaban J connectivity index is 1.53. The molecule has 2 aliphatic rings. The summed E-state index contributed by atoms with van der Waals surface area (Å²) >= 11 is 0. The molecule has 3 aromatic rings. The molecule has 0 aliphatic carbocycles. The number of halogens is 1. The predicted octanol–water partition coefficient (Wildman–Crippen LogP) is 3.21. The number of rotatable bonds is 7. The van der Waals surface area contributed by atoms with E-state index in [1.165, 1.54) is 10.6 Å². The van der Waals surface area contributed by atoms with Crippen molar-refractivity contribution in [1.82, 2.24) is 24.1 Å². The summed E-state index contributed by atoms with van der Waals surface area (Å²) in [6, 6.07) is 2.48. The lowest BCUT2D eigenvalue weighted by molar-refractivity contribution is -0.116. The van der Waals surface area contributed by atoms with Crippen LogP contribution in [0.4, 0.5) is 20.6 Å². The number of ether oxygens (including phenoxy) is 2. The van der Waals surface area contributed by atoms with Gasteiger partial charge in [-0.05, 0) is 63.8 Å². The third-order valence-electron chi connectivity index (χ3n) is 7.71. The van der Waals surface area contributed by atoms with Crippen molar-refractivity contribution in [3.05, 3.63) is 57.0 Å². The quantitative estimate of drug-likeness (QED) is 0.393. The Hall–Kier alpha value is -4.59. The number of carbonyl (C=O) groups excluding carboxylic acids is 3. The van der Waals surface area contributed by atoms with Gasteiger partial charge in [0.1, 0.15) is 23.7 Å². The number of aromatic nitrogens is 4. The highest BCUT2D eigenvalue weighted by Crippen LogP contribution is 2.25. The van der Waals surface area contributed by atoms with Crippen molar-refractivity contribution in [2.75, 3.05) is 49.6 Å². The smallest absolute Gasteiger partial charge is 0.410 e. The van der Waals surface area contributed by atoms with Crippen molar-refractivity contribution >= 4 is 41.0 Å². The predicted molar refractivity (Wildman–Crippen MR) is 165 cm³/mol. The number of benzene rings is 1. The van der Waals surface area contributed by atoms with E-state index in [-0.39, 0.29) is 29.1 Å². The van der Waals surface area contributed by atoms with Crippen LogP contribution in [0.1, 0.15) is 61.6 Å². The van der Waals surface area contributed by atoms with Gasteiger partial charge in [-0.3, -0.25) is 14.4 Å². The second kappa shape index (κ2) is 12.8. The van der Waals surface area contributed by atoms with Crippen molar-refractivity contribution in [3.8, 4) is 0 Å². The maximum atomic E-state index is 14.4. The molecule has 14 heteroatoms. The van der Waals surface area contributed by atoms with E-state index in [1.807, 2.05) is 38.7 Å². The molecule has 2 aromatic heterocycles. The Morgan fingerprint density at radius 2 is 1.91 bits per heavy atom. The SMILES string of the molecule is CCc1c(N2CCN(C(=O)OC(C)(C)C)CC2)c(=O)n2nc(C3=CCOCC3)nc2n1CC(=O)Nc1cc(F)c(C=O)cc1C. The molecular formula is C31H38FN7O6. The molecule has 45 heavy (non-hydrogen) atoms.